The van der Waals surface area contributed by atoms with Crippen LogP contribution >= 0.6 is 0 Å². The topological polar surface area (TPSA) is 87.6 Å². The van der Waals surface area contributed by atoms with Crippen LogP contribution < -0.4 is 11.2 Å². The van der Waals surface area contributed by atoms with Gasteiger partial charge in [0.15, 0.2) is 0 Å². The Morgan fingerprint density at radius 2 is 1.74 bits per heavy atom. The first kappa shape index (κ1) is 13.8. The van der Waals surface area contributed by atoms with Gasteiger partial charge in [0.2, 0.25) is 0 Å². The van der Waals surface area contributed by atoms with Gasteiger partial charge in [-0.25, -0.2) is 0 Å². The van der Waals surface area contributed by atoms with Crippen molar-refractivity contribution in [3.8, 4) is 0 Å². The van der Waals surface area contributed by atoms with Crippen LogP contribution in [0.1, 0.15) is 27.7 Å². The van der Waals surface area contributed by atoms with Crippen LogP contribution in [-0.4, -0.2) is 23.2 Å². The summed E-state index contributed by atoms with van der Waals surface area (Å²) in [6, 6.07) is 4.51. The first-order valence-electron chi connectivity index (χ1n) is 6.03. The quantitative estimate of drug-likeness (QED) is 0.378. The Morgan fingerprint density at radius 1 is 1.21 bits per heavy atom. The highest BCUT2D eigenvalue weighted by Crippen LogP contribution is 2.36. The minimum atomic E-state index is -0.562. The number of hydrogen-bond donors (Lipinski definition) is 1. The van der Waals surface area contributed by atoms with E-state index in [9.17, 15) is 10.1 Å². The molecule has 1 fully saturated rings. The van der Waals surface area contributed by atoms with Crippen LogP contribution in [0.2, 0.25) is 0 Å². The molecular formula is C12H17BN2O4. The molecule has 6 nitrogen and oxygen atoms in total. The van der Waals surface area contributed by atoms with Crippen LogP contribution in [0.3, 0.4) is 0 Å². The molecule has 102 valence electrons. The molecule has 0 saturated carbocycles. The first-order valence-corrected chi connectivity index (χ1v) is 6.03. The van der Waals surface area contributed by atoms with Crippen LogP contribution in [-0.2, 0) is 9.31 Å². The van der Waals surface area contributed by atoms with Crippen LogP contribution in [0.25, 0.3) is 0 Å². The second-order valence-corrected chi connectivity index (χ2v) is 5.66. The maximum Gasteiger partial charge on any atom is 0.494 e. The fraction of sp³-hybridized carbons (Fsp3) is 0.500. The lowest BCUT2D eigenvalue weighted by Crippen LogP contribution is -2.41. The van der Waals surface area contributed by atoms with Crippen molar-refractivity contribution < 1.29 is 14.2 Å². The van der Waals surface area contributed by atoms with Crippen molar-refractivity contribution in [2.24, 2.45) is 0 Å². The number of nitrogen functional groups attached to an aromatic ring is 1. The van der Waals surface area contributed by atoms with Gasteiger partial charge >= 0.3 is 7.12 Å². The van der Waals surface area contributed by atoms with Crippen molar-refractivity contribution in [3.63, 3.8) is 0 Å². The summed E-state index contributed by atoms with van der Waals surface area (Å²) in [7, 11) is -0.562. The smallest absolute Gasteiger partial charge is 0.399 e. The number of anilines is 1. The number of nitro groups is 1. The van der Waals surface area contributed by atoms with Gasteiger partial charge in [0.25, 0.3) is 5.69 Å². The van der Waals surface area contributed by atoms with Gasteiger partial charge in [-0.3, -0.25) is 10.1 Å². The summed E-state index contributed by atoms with van der Waals surface area (Å²) in [5.74, 6) is 0. The minimum Gasteiger partial charge on any atom is -0.399 e. The van der Waals surface area contributed by atoms with E-state index in [1.54, 1.807) is 6.07 Å². The maximum absolute atomic E-state index is 10.7. The average Bonchev–Trinajstić information content (AvgIpc) is 2.47. The molecule has 0 aromatic heterocycles. The lowest BCUT2D eigenvalue weighted by atomic mass is 9.79. The van der Waals surface area contributed by atoms with Gasteiger partial charge in [0.1, 0.15) is 5.69 Å². The Bertz CT molecular complexity index is 514. The van der Waals surface area contributed by atoms with Crippen LogP contribution in [0.5, 0.6) is 0 Å². The number of rotatable bonds is 2. The van der Waals surface area contributed by atoms with Gasteiger partial charge in [0.05, 0.1) is 16.1 Å². The largest absolute Gasteiger partial charge is 0.494 e. The van der Waals surface area contributed by atoms with Gasteiger partial charge < -0.3 is 15.0 Å². The fourth-order valence-electron chi connectivity index (χ4n) is 1.87. The number of nitro benzene ring substituents is 1. The molecule has 0 atom stereocenters. The van der Waals surface area contributed by atoms with Crippen molar-refractivity contribution in [3.05, 3.63) is 28.3 Å². The highest BCUT2D eigenvalue weighted by atomic mass is 16.7. The Morgan fingerprint density at radius 3 is 2.16 bits per heavy atom. The summed E-state index contributed by atoms with van der Waals surface area (Å²) in [5, 5.41) is 10.7. The van der Waals surface area contributed by atoms with Gasteiger partial charge in [-0.05, 0) is 39.2 Å². The first-order chi connectivity index (χ1) is 8.64. The van der Waals surface area contributed by atoms with Crippen molar-refractivity contribution in [1.82, 2.24) is 0 Å². The molecule has 1 aliphatic rings. The molecule has 7 heteroatoms. The Labute approximate surface area is 112 Å². The van der Waals surface area contributed by atoms with E-state index < -0.39 is 23.2 Å². The molecule has 0 amide bonds. The average molecular weight is 264 g/mol. The van der Waals surface area contributed by atoms with E-state index in [1.807, 2.05) is 27.7 Å². The van der Waals surface area contributed by atoms with Crippen LogP contribution in [0.15, 0.2) is 18.2 Å². The molecule has 19 heavy (non-hydrogen) atoms. The molecule has 2 rings (SSSR count). The summed E-state index contributed by atoms with van der Waals surface area (Å²) < 4.78 is 11.7. The molecule has 0 radical (unpaired) electrons. The molecule has 1 aromatic rings. The second kappa shape index (κ2) is 4.21. The van der Waals surface area contributed by atoms with Gasteiger partial charge in [-0.15, -0.1) is 0 Å². The van der Waals surface area contributed by atoms with E-state index >= 15 is 0 Å². The molecule has 0 bridgehead atoms. The zero-order valence-electron chi connectivity index (χ0n) is 11.5. The Kier molecular flexibility index (Phi) is 3.06. The molecule has 0 spiro atoms. The van der Waals surface area contributed by atoms with E-state index in [0.717, 1.165) is 0 Å². The molecule has 1 aromatic carbocycles. The molecular weight excluding hydrogens is 247 g/mol. The summed E-state index contributed by atoms with van der Waals surface area (Å²) in [6.07, 6.45) is 0. The molecule has 0 unspecified atom stereocenters. The highest BCUT2D eigenvalue weighted by molar-refractivity contribution is 6.62. The van der Waals surface area contributed by atoms with Crippen molar-refractivity contribution in [2.75, 3.05) is 5.73 Å². The Balaban J connectivity index is 2.31. The zero-order chi connectivity index (χ0) is 14.4. The highest BCUT2D eigenvalue weighted by Gasteiger charge is 2.51. The second-order valence-electron chi connectivity index (χ2n) is 5.66. The van der Waals surface area contributed by atoms with Crippen molar-refractivity contribution in [2.45, 2.75) is 38.9 Å². The number of benzene rings is 1. The van der Waals surface area contributed by atoms with Gasteiger partial charge in [-0.1, -0.05) is 6.07 Å². The van der Waals surface area contributed by atoms with Crippen molar-refractivity contribution >= 4 is 24.0 Å². The third-order valence-electron chi connectivity index (χ3n) is 3.77. The van der Waals surface area contributed by atoms with Gasteiger partial charge in [0, 0.05) is 6.07 Å². The molecule has 1 aliphatic heterocycles. The molecule has 1 heterocycles. The standard InChI is InChI=1S/C12H17BN2O4/c1-11(2)12(3,4)19-13(18-11)8-5-6-10(15(16)17)9(14)7-8/h5-7H,14H2,1-4H3. The summed E-state index contributed by atoms with van der Waals surface area (Å²) in [4.78, 5) is 10.2. The van der Waals surface area contributed by atoms with Crippen LogP contribution in [0, 0.1) is 10.1 Å². The van der Waals surface area contributed by atoms with E-state index in [4.69, 9.17) is 15.0 Å². The Hall–Kier alpha value is -1.60. The maximum atomic E-state index is 10.7. The summed E-state index contributed by atoms with van der Waals surface area (Å²) in [6.45, 7) is 7.78. The van der Waals surface area contributed by atoms with E-state index in [-0.39, 0.29) is 11.4 Å². The van der Waals surface area contributed by atoms with E-state index in [1.165, 1.54) is 12.1 Å². The number of hydrogen-bond acceptors (Lipinski definition) is 5. The monoisotopic (exact) mass is 264 g/mol. The zero-order valence-corrected chi connectivity index (χ0v) is 11.5. The summed E-state index contributed by atoms with van der Waals surface area (Å²) in [5.41, 5.74) is 5.45. The lowest BCUT2D eigenvalue weighted by molar-refractivity contribution is -0.383. The van der Waals surface area contributed by atoms with Crippen LogP contribution in [0.4, 0.5) is 11.4 Å². The van der Waals surface area contributed by atoms with Crippen molar-refractivity contribution in [1.29, 1.82) is 0 Å². The third-order valence-corrected chi connectivity index (χ3v) is 3.77. The molecule has 1 saturated heterocycles. The number of nitrogens with two attached hydrogens (primary N) is 1. The predicted molar refractivity (Wildman–Crippen MR) is 73.2 cm³/mol. The third kappa shape index (κ3) is 2.31. The minimum absolute atomic E-state index is 0.109. The van der Waals surface area contributed by atoms with Gasteiger partial charge in [-0.2, -0.15) is 0 Å². The normalized spacial score (nSPS) is 20.5. The molecule has 0 aliphatic carbocycles. The predicted octanol–water partition coefficient (Wildman–Crippen LogP) is 1.48. The lowest BCUT2D eigenvalue weighted by Gasteiger charge is -2.32. The van der Waals surface area contributed by atoms with E-state index in [2.05, 4.69) is 0 Å². The SMILES string of the molecule is CC1(C)OB(c2ccc([N+](=O)[O-])c(N)c2)OC1(C)C. The summed E-state index contributed by atoms with van der Waals surface area (Å²) >= 11 is 0. The molecule has 2 N–H and O–H groups in total. The fourth-order valence-corrected chi connectivity index (χ4v) is 1.87. The van der Waals surface area contributed by atoms with E-state index in [0.29, 0.717) is 5.46 Å². The number of nitrogens with zero attached hydrogens (tertiary/aromatic N) is 1.